The molecule has 3 aromatic rings. The predicted octanol–water partition coefficient (Wildman–Crippen LogP) is 4.02. The van der Waals surface area contributed by atoms with Crippen LogP contribution in [0.15, 0.2) is 47.8 Å². The first-order valence-corrected chi connectivity index (χ1v) is 9.00. The molecule has 2 aromatic carbocycles. The summed E-state index contributed by atoms with van der Waals surface area (Å²) in [6, 6.07) is 14.3. The number of aromatic nitrogens is 1. The lowest BCUT2D eigenvalue weighted by Crippen LogP contribution is -2.20. The van der Waals surface area contributed by atoms with Crippen molar-refractivity contribution in [3.05, 3.63) is 58.4 Å². The van der Waals surface area contributed by atoms with Crippen LogP contribution in [0.4, 0.5) is 5.69 Å². The first kappa shape index (κ1) is 18.4. The number of methoxy groups -OCH3 is 1. The SMILES string of the molecule is COc1cc(C#N)ccc1OCC(=O)Nc1cccc(-c2csc(C)n2)c1. The second-order valence-corrected chi connectivity index (χ2v) is 6.71. The van der Waals surface area contributed by atoms with Gasteiger partial charge in [-0.15, -0.1) is 11.3 Å². The van der Waals surface area contributed by atoms with Crippen LogP contribution >= 0.6 is 11.3 Å². The average Bonchev–Trinajstić information content (AvgIpc) is 3.13. The highest BCUT2D eigenvalue weighted by Crippen LogP contribution is 2.28. The summed E-state index contributed by atoms with van der Waals surface area (Å²) in [4.78, 5) is 16.7. The molecule has 3 rings (SSSR count). The normalized spacial score (nSPS) is 10.1. The number of hydrogen-bond acceptors (Lipinski definition) is 6. The van der Waals surface area contributed by atoms with Crippen LogP contribution in [-0.2, 0) is 4.79 Å². The summed E-state index contributed by atoms with van der Waals surface area (Å²) in [5.41, 5.74) is 2.94. The van der Waals surface area contributed by atoms with Crippen LogP contribution in [-0.4, -0.2) is 24.6 Å². The Balaban J connectivity index is 1.64. The van der Waals surface area contributed by atoms with Crippen LogP contribution < -0.4 is 14.8 Å². The molecule has 0 spiro atoms. The van der Waals surface area contributed by atoms with Crippen molar-refractivity contribution < 1.29 is 14.3 Å². The van der Waals surface area contributed by atoms with E-state index >= 15 is 0 Å². The van der Waals surface area contributed by atoms with E-state index in [4.69, 9.17) is 14.7 Å². The summed E-state index contributed by atoms with van der Waals surface area (Å²) in [6.07, 6.45) is 0. The van der Waals surface area contributed by atoms with Gasteiger partial charge in [0.05, 0.1) is 29.4 Å². The lowest BCUT2D eigenvalue weighted by Gasteiger charge is -2.11. The number of nitrogens with one attached hydrogen (secondary N) is 1. The number of hydrogen-bond donors (Lipinski definition) is 1. The van der Waals surface area contributed by atoms with Crippen molar-refractivity contribution in [2.75, 3.05) is 19.0 Å². The van der Waals surface area contributed by atoms with Gasteiger partial charge in [-0.1, -0.05) is 12.1 Å². The Morgan fingerprint density at radius 1 is 1.26 bits per heavy atom. The minimum Gasteiger partial charge on any atom is -0.493 e. The van der Waals surface area contributed by atoms with E-state index in [1.807, 2.05) is 42.6 Å². The molecule has 0 atom stereocenters. The number of benzene rings is 2. The van der Waals surface area contributed by atoms with Crippen molar-refractivity contribution in [1.29, 1.82) is 5.26 Å². The third-order valence-corrected chi connectivity index (χ3v) is 4.49. The molecular formula is C20H17N3O3S. The van der Waals surface area contributed by atoms with Crippen molar-refractivity contribution in [3.63, 3.8) is 0 Å². The summed E-state index contributed by atoms with van der Waals surface area (Å²) >= 11 is 1.58. The fourth-order valence-corrected chi connectivity index (χ4v) is 3.07. The van der Waals surface area contributed by atoms with Gasteiger partial charge >= 0.3 is 0 Å². The lowest BCUT2D eigenvalue weighted by molar-refractivity contribution is -0.118. The molecule has 0 fully saturated rings. The highest BCUT2D eigenvalue weighted by atomic mass is 32.1. The number of carbonyl (C=O) groups excluding carboxylic acids is 1. The second kappa shape index (κ2) is 8.34. The Bertz CT molecular complexity index is 1010. The van der Waals surface area contributed by atoms with Crippen LogP contribution in [0.1, 0.15) is 10.6 Å². The molecule has 0 radical (unpaired) electrons. The molecule has 1 heterocycles. The molecule has 6 nitrogen and oxygen atoms in total. The number of anilines is 1. The number of nitriles is 1. The summed E-state index contributed by atoms with van der Waals surface area (Å²) in [7, 11) is 1.48. The van der Waals surface area contributed by atoms with E-state index in [1.165, 1.54) is 7.11 Å². The molecule has 1 N–H and O–H groups in total. The zero-order chi connectivity index (χ0) is 19.2. The quantitative estimate of drug-likeness (QED) is 0.699. The first-order chi connectivity index (χ1) is 13.1. The molecule has 0 aliphatic heterocycles. The maximum Gasteiger partial charge on any atom is 0.262 e. The topological polar surface area (TPSA) is 84.2 Å². The Hall–Kier alpha value is -3.37. The predicted molar refractivity (Wildman–Crippen MR) is 104 cm³/mol. The number of amides is 1. The molecule has 0 unspecified atom stereocenters. The summed E-state index contributed by atoms with van der Waals surface area (Å²) in [6.45, 7) is 1.77. The van der Waals surface area contributed by atoms with Gasteiger partial charge in [0.2, 0.25) is 0 Å². The highest BCUT2D eigenvalue weighted by molar-refractivity contribution is 7.09. The van der Waals surface area contributed by atoms with Crippen LogP contribution in [0.2, 0.25) is 0 Å². The Labute approximate surface area is 161 Å². The van der Waals surface area contributed by atoms with Gasteiger partial charge in [0.25, 0.3) is 5.91 Å². The van der Waals surface area contributed by atoms with Crippen LogP contribution in [0.3, 0.4) is 0 Å². The van der Waals surface area contributed by atoms with Gasteiger partial charge in [0.1, 0.15) is 0 Å². The lowest BCUT2D eigenvalue weighted by atomic mass is 10.1. The molecule has 0 aliphatic rings. The molecule has 7 heteroatoms. The highest BCUT2D eigenvalue weighted by Gasteiger charge is 2.10. The minimum atomic E-state index is -0.298. The molecule has 0 bridgehead atoms. The average molecular weight is 379 g/mol. The molecule has 0 aliphatic carbocycles. The van der Waals surface area contributed by atoms with Gasteiger partial charge in [-0.3, -0.25) is 4.79 Å². The zero-order valence-corrected chi connectivity index (χ0v) is 15.7. The fourth-order valence-electron chi connectivity index (χ4n) is 2.45. The maximum atomic E-state index is 12.2. The zero-order valence-electron chi connectivity index (χ0n) is 14.9. The number of aryl methyl sites for hydroxylation is 1. The maximum absolute atomic E-state index is 12.2. The van der Waals surface area contributed by atoms with Gasteiger partial charge in [0.15, 0.2) is 18.1 Å². The van der Waals surface area contributed by atoms with E-state index < -0.39 is 0 Å². The van der Waals surface area contributed by atoms with Gasteiger partial charge in [-0.05, 0) is 31.2 Å². The van der Waals surface area contributed by atoms with Crippen LogP contribution in [0, 0.1) is 18.3 Å². The first-order valence-electron chi connectivity index (χ1n) is 8.12. The molecule has 0 saturated heterocycles. The van der Waals surface area contributed by atoms with Crippen LogP contribution in [0.5, 0.6) is 11.5 Å². The monoisotopic (exact) mass is 379 g/mol. The number of rotatable bonds is 6. The van der Waals surface area contributed by atoms with Gasteiger partial charge in [-0.2, -0.15) is 5.26 Å². The molecule has 1 aromatic heterocycles. The van der Waals surface area contributed by atoms with Crippen molar-refractivity contribution in [1.82, 2.24) is 4.98 Å². The van der Waals surface area contributed by atoms with Gasteiger partial charge in [-0.25, -0.2) is 4.98 Å². The van der Waals surface area contributed by atoms with Crippen LogP contribution in [0.25, 0.3) is 11.3 Å². The molecular weight excluding hydrogens is 362 g/mol. The van der Waals surface area contributed by atoms with E-state index in [0.717, 1.165) is 16.3 Å². The van der Waals surface area contributed by atoms with Gasteiger partial charge in [0, 0.05) is 22.7 Å². The van der Waals surface area contributed by atoms with Crippen molar-refractivity contribution >= 4 is 22.9 Å². The molecule has 136 valence electrons. The fraction of sp³-hybridized carbons (Fsp3) is 0.150. The third kappa shape index (κ3) is 4.63. The summed E-state index contributed by atoms with van der Waals surface area (Å²) in [5.74, 6) is 0.508. The van der Waals surface area contributed by atoms with E-state index in [1.54, 1.807) is 29.5 Å². The Morgan fingerprint density at radius 2 is 2.11 bits per heavy atom. The number of ether oxygens (including phenoxy) is 2. The Morgan fingerprint density at radius 3 is 2.81 bits per heavy atom. The van der Waals surface area contributed by atoms with E-state index in [0.29, 0.717) is 22.7 Å². The standard InChI is InChI=1S/C20H17N3O3S/c1-13-22-17(12-27-13)15-4-3-5-16(9-15)23-20(24)11-26-18-7-6-14(10-21)8-19(18)25-2/h3-9,12H,11H2,1-2H3,(H,23,24). The molecule has 1 amide bonds. The van der Waals surface area contributed by atoms with Crippen molar-refractivity contribution in [2.45, 2.75) is 6.92 Å². The van der Waals surface area contributed by atoms with E-state index in [9.17, 15) is 4.79 Å². The van der Waals surface area contributed by atoms with E-state index in [-0.39, 0.29) is 12.5 Å². The number of carbonyl (C=O) groups is 1. The van der Waals surface area contributed by atoms with E-state index in [2.05, 4.69) is 10.3 Å². The second-order valence-electron chi connectivity index (χ2n) is 5.65. The Kier molecular flexibility index (Phi) is 5.69. The van der Waals surface area contributed by atoms with Gasteiger partial charge < -0.3 is 14.8 Å². The number of thiazole rings is 1. The van der Waals surface area contributed by atoms with Crippen molar-refractivity contribution in [3.8, 4) is 28.8 Å². The summed E-state index contributed by atoms with van der Waals surface area (Å²) in [5, 5.41) is 14.7. The summed E-state index contributed by atoms with van der Waals surface area (Å²) < 4.78 is 10.7. The third-order valence-electron chi connectivity index (χ3n) is 3.71. The smallest absolute Gasteiger partial charge is 0.262 e. The molecule has 27 heavy (non-hydrogen) atoms. The minimum absolute atomic E-state index is 0.178. The molecule has 0 saturated carbocycles. The largest absolute Gasteiger partial charge is 0.493 e. The van der Waals surface area contributed by atoms with Crippen molar-refractivity contribution in [2.24, 2.45) is 0 Å². The number of nitrogens with zero attached hydrogens (tertiary/aromatic N) is 2.